The Morgan fingerprint density at radius 3 is 2.55 bits per heavy atom. The number of carbonyl (C=O) groups is 1. The van der Waals surface area contributed by atoms with E-state index in [4.69, 9.17) is 9.47 Å². The van der Waals surface area contributed by atoms with Crippen LogP contribution in [-0.4, -0.2) is 42.7 Å². The molecule has 1 saturated heterocycles. The Morgan fingerprint density at radius 2 is 1.83 bits per heavy atom. The number of hydrogen-bond donors (Lipinski definition) is 0. The standard InChI is InChI=1S/C25H39NO3/c1-19(15-22-9-5-4-6-10-22)13-14-23-11-7-8-12-24(23)28-18-25(27)26-16-20(2)29-21(3)17-26/h7-8,11-12,19-22H,4-6,9-10,13-18H2,1-3H3. The average molecular weight is 402 g/mol. The SMILES string of the molecule is CC(CCc1ccccc1OCC(=O)N1CC(C)OC(C)C1)CC1CCCCC1. The van der Waals surface area contributed by atoms with Gasteiger partial charge in [0.1, 0.15) is 5.75 Å². The molecular weight excluding hydrogens is 362 g/mol. The van der Waals surface area contributed by atoms with Gasteiger partial charge >= 0.3 is 0 Å². The fraction of sp³-hybridized carbons (Fsp3) is 0.720. The van der Waals surface area contributed by atoms with Crippen LogP contribution >= 0.6 is 0 Å². The number of morpholine rings is 1. The van der Waals surface area contributed by atoms with Crippen molar-refractivity contribution < 1.29 is 14.3 Å². The summed E-state index contributed by atoms with van der Waals surface area (Å²) in [4.78, 5) is 14.5. The first kappa shape index (κ1) is 22.1. The summed E-state index contributed by atoms with van der Waals surface area (Å²) in [7, 11) is 0. The van der Waals surface area contributed by atoms with Crippen LogP contribution in [0.3, 0.4) is 0 Å². The zero-order valence-corrected chi connectivity index (χ0v) is 18.6. The Bertz CT molecular complexity index is 631. The molecule has 1 saturated carbocycles. The zero-order valence-electron chi connectivity index (χ0n) is 18.6. The number of aryl methyl sites for hydroxylation is 1. The van der Waals surface area contributed by atoms with Crippen molar-refractivity contribution in [3.05, 3.63) is 29.8 Å². The summed E-state index contributed by atoms with van der Waals surface area (Å²) in [6, 6.07) is 8.21. The van der Waals surface area contributed by atoms with Crippen LogP contribution in [0.15, 0.2) is 24.3 Å². The molecule has 0 N–H and O–H groups in total. The van der Waals surface area contributed by atoms with Gasteiger partial charge < -0.3 is 14.4 Å². The minimum Gasteiger partial charge on any atom is -0.483 e. The van der Waals surface area contributed by atoms with E-state index in [1.54, 1.807) is 0 Å². The molecule has 3 atom stereocenters. The molecule has 2 fully saturated rings. The number of amides is 1. The second-order valence-corrected chi connectivity index (χ2v) is 9.34. The third-order valence-corrected chi connectivity index (χ3v) is 6.46. The molecule has 4 nitrogen and oxygen atoms in total. The second kappa shape index (κ2) is 11.0. The smallest absolute Gasteiger partial charge is 0.260 e. The number of carbonyl (C=O) groups excluding carboxylic acids is 1. The predicted molar refractivity (Wildman–Crippen MR) is 117 cm³/mol. The van der Waals surface area contributed by atoms with Gasteiger partial charge in [-0.2, -0.15) is 0 Å². The van der Waals surface area contributed by atoms with Crippen molar-refractivity contribution in [1.82, 2.24) is 4.90 Å². The van der Waals surface area contributed by atoms with Gasteiger partial charge in [-0.05, 0) is 56.6 Å². The quantitative estimate of drug-likeness (QED) is 0.598. The third-order valence-electron chi connectivity index (χ3n) is 6.46. The molecular formula is C25H39NO3. The molecule has 0 bridgehead atoms. The van der Waals surface area contributed by atoms with Gasteiger partial charge in [-0.1, -0.05) is 57.2 Å². The normalized spacial score (nSPS) is 24.3. The van der Waals surface area contributed by atoms with Crippen LogP contribution in [0.5, 0.6) is 5.75 Å². The number of ether oxygens (including phenoxy) is 2. The molecule has 1 aliphatic heterocycles. The van der Waals surface area contributed by atoms with Crippen LogP contribution in [0.25, 0.3) is 0 Å². The van der Waals surface area contributed by atoms with Crippen LogP contribution in [-0.2, 0) is 16.0 Å². The summed E-state index contributed by atoms with van der Waals surface area (Å²) in [5.74, 6) is 2.58. The van der Waals surface area contributed by atoms with Crippen LogP contribution in [0, 0.1) is 11.8 Å². The molecule has 3 rings (SSSR count). The van der Waals surface area contributed by atoms with E-state index in [0.717, 1.165) is 24.0 Å². The second-order valence-electron chi connectivity index (χ2n) is 9.34. The first-order valence-electron chi connectivity index (χ1n) is 11.6. The van der Waals surface area contributed by atoms with E-state index in [0.29, 0.717) is 13.1 Å². The molecule has 0 aromatic heterocycles. The third kappa shape index (κ3) is 7.02. The van der Waals surface area contributed by atoms with E-state index in [2.05, 4.69) is 19.1 Å². The molecule has 1 heterocycles. The molecule has 1 amide bonds. The van der Waals surface area contributed by atoms with Gasteiger partial charge in [-0.3, -0.25) is 4.79 Å². The lowest BCUT2D eigenvalue weighted by molar-refractivity contribution is -0.145. The van der Waals surface area contributed by atoms with Crippen molar-refractivity contribution >= 4 is 5.91 Å². The topological polar surface area (TPSA) is 38.8 Å². The molecule has 3 unspecified atom stereocenters. The maximum absolute atomic E-state index is 12.6. The molecule has 0 radical (unpaired) electrons. The summed E-state index contributed by atoms with van der Waals surface area (Å²) in [6.45, 7) is 7.82. The van der Waals surface area contributed by atoms with E-state index in [1.807, 2.05) is 30.9 Å². The number of hydrogen-bond acceptors (Lipinski definition) is 3. The Hall–Kier alpha value is -1.55. The lowest BCUT2D eigenvalue weighted by Crippen LogP contribution is -2.49. The first-order valence-corrected chi connectivity index (χ1v) is 11.6. The van der Waals surface area contributed by atoms with Gasteiger partial charge in [0.15, 0.2) is 6.61 Å². The highest BCUT2D eigenvalue weighted by Crippen LogP contribution is 2.31. The molecule has 162 valence electrons. The number of nitrogens with zero attached hydrogens (tertiary/aromatic N) is 1. The molecule has 0 spiro atoms. The largest absolute Gasteiger partial charge is 0.483 e. The van der Waals surface area contributed by atoms with E-state index in [-0.39, 0.29) is 24.7 Å². The monoisotopic (exact) mass is 401 g/mol. The maximum atomic E-state index is 12.6. The van der Waals surface area contributed by atoms with E-state index in [9.17, 15) is 4.79 Å². The Morgan fingerprint density at radius 1 is 1.14 bits per heavy atom. The van der Waals surface area contributed by atoms with Gasteiger partial charge in [-0.25, -0.2) is 0 Å². The van der Waals surface area contributed by atoms with Crippen molar-refractivity contribution in [2.45, 2.75) is 84.3 Å². The van der Waals surface area contributed by atoms with Gasteiger partial charge in [0.05, 0.1) is 12.2 Å². The fourth-order valence-electron chi connectivity index (χ4n) is 4.98. The van der Waals surface area contributed by atoms with Crippen molar-refractivity contribution in [1.29, 1.82) is 0 Å². The van der Waals surface area contributed by atoms with E-state index >= 15 is 0 Å². The number of benzene rings is 1. The maximum Gasteiger partial charge on any atom is 0.260 e. The van der Waals surface area contributed by atoms with Gasteiger partial charge in [0.2, 0.25) is 0 Å². The molecule has 29 heavy (non-hydrogen) atoms. The van der Waals surface area contributed by atoms with E-state index in [1.165, 1.54) is 50.5 Å². The van der Waals surface area contributed by atoms with Gasteiger partial charge in [0.25, 0.3) is 5.91 Å². The van der Waals surface area contributed by atoms with Crippen LogP contribution < -0.4 is 4.74 Å². The molecule has 1 aromatic carbocycles. The van der Waals surface area contributed by atoms with Crippen molar-refractivity contribution in [3.63, 3.8) is 0 Å². The summed E-state index contributed by atoms with van der Waals surface area (Å²) in [6.07, 6.45) is 10.8. The van der Waals surface area contributed by atoms with Gasteiger partial charge in [-0.15, -0.1) is 0 Å². The summed E-state index contributed by atoms with van der Waals surface area (Å²) >= 11 is 0. The lowest BCUT2D eigenvalue weighted by atomic mass is 9.82. The van der Waals surface area contributed by atoms with Crippen molar-refractivity contribution in [3.8, 4) is 5.75 Å². The van der Waals surface area contributed by atoms with Crippen molar-refractivity contribution in [2.75, 3.05) is 19.7 Å². The average Bonchev–Trinajstić information content (AvgIpc) is 2.71. The minimum absolute atomic E-state index is 0.0486. The van der Waals surface area contributed by atoms with Crippen LogP contribution in [0.2, 0.25) is 0 Å². The molecule has 4 heteroatoms. The minimum atomic E-state index is 0.0486. The van der Waals surface area contributed by atoms with Crippen LogP contribution in [0.4, 0.5) is 0 Å². The summed E-state index contributed by atoms with van der Waals surface area (Å²) < 4.78 is 11.7. The fourth-order valence-corrected chi connectivity index (χ4v) is 4.98. The first-order chi connectivity index (χ1) is 14.0. The number of para-hydroxylation sites is 1. The molecule has 1 aromatic rings. The Labute approximate surface area is 177 Å². The predicted octanol–water partition coefficient (Wildman–Crippen LogP) is 5.24. The summed E-state index contributed by atoms with van der Waals surface area (Å²) in [5, 5.41) is 0. The molecule has 2 aliphatic rings. The number of rotatable bonds is 8. The highest BCUT2D eigenvalue weighted by Gasteiger charge is 2.26. The van der Waals surface area contributed by atoms with E-state index < -0.39 is 0 Å². The lowest BCUT2D eigenvalue weighted by Gasteiger charge is -2.35. The highest BCUT2D eigenvalue weighted by atomic mass is 16.5. The van der Waals surface area contributed by atoms with Crippen LogP contribution in [0.1, 0.15) is 71.3 Å². The summed E-state index contributed by atoms with van der Waals surface area (Å²) in [5.41, 5.74) is 1.22. The highest BCUT2D eigenvalue weighted by molar-refractivity contribution is 5.78. The van der Waals surface area contributed by atoms with Gasteiger partial charge in [0, 0.05) is 13.1 Å². The van der Waals surface area contributed by atoms with Crippen molar-refractivity contribution in [2.24, 2.45) is 11.8 Å². The Balaban J connectivity index is 1.47. The zero-order chi connectivity index (χ0) is 20.6. The Kier molecular flexibility index (Phi) is 8.40. The molecule has 1 aliphatic carbocycles.